The number of hydrogen-bond donors (Lipinski definition) is 1. The number of aryl methyl sites for hydroxylation is 1. The average molecular weight is 371 g/mol. The molecule has 0 amide bonds. The fourth-order valence-electron chi connectivity index (χ4n) is 1.76. The first kappa shape index (κ1) is 18.6. The summed E-state index contributed by atoms with van der Waals surface area (Å²) in [5.41, 5.74) is -1.40. The molecule has 0 aliphatic heterocycles. The monoisotopic (exact) mass is 371 g/mol. The van der Waals surface area contributed by atoms with Crippen LogP contribution in [0.3, 0.4) is 0 Å². The van der Waals surface area contributed by atoms with E-state index < -0.39 is 40.3 Å². The summed E-state index contributed by atoms with van der Waals surface area (Å²) in [4.78, 5) is 24.4. The van der Waals surface area contributed by atoms with Crippen molar-refractivity contribution in [1.82, 2.24) is 10.2 Å². The molecule has 25 heavy (non-hydrogen) atoms. The number of Topliss-reactive ketones (excluding diaryl/α,β-unsaturated/α-hetero) is 1. The highest BCUT2D eigenvalue weighted by Gasteiger charge is 2.25. The van der Waals surface area contributed by atoms with Crippen LogP contribution in [0.15, 0.2) is 23.9 Å². The molecular formula is C15H12F3N3O3S. The zero-order valence-electron chi connectivity index (χ0n) is 13.1. The minimum atomic E-state index is -1.45. The van der Waals surface area contributed by atoms with Gasteiger partial charge in [0.15, 0.2) is 11.6 Å². The molecule has 10 heteroatoms. The van der Waals surface area contributed by atoms with Gasteiger partial charge < -0.3 is 10.1 Å². The van der Waals surface area contributed by atoms with Crippen molar-refractivity contribution in [2.75, 3.05) is 11.9 Å². The highest BCUT2D eigenvalue weighted by Crippen LogP contribution is 2.19. The van der Waals surface area contributed by atoms with Gasteiger partial charge in [-0.15, -0.1) is 10.2 Å². The number of ketones is 1. The van der Waals surface area contributed by atoms with Crippen molar-refractivity contribution in [1.29, 1.82) is 0 Å². The van der Waals surface area contributed by atoms with E-state index in [1.54, 1.807) is 6.92 Å². The Morgan fingerprint density at radius 1 is 1.20 bits per heavy atom. The van der Waals surface area contributed by atoms with Gasteiger partial charge in [-0.1, -0.05) is 11.3 Å². The molecule has 0 aliphatic carbocycles. The minimum absolute atomic E-state index is 0.0400. The number of carbonyl (C=O) groups is 2. The Morgan fingerprint density at radius 3 is 2.48 bits per heavy atom. The number of ether oxygens (including phenoxy) is 1. The number of carbonyl (C=O) groups excluding carboxylic acids is 2. The van der Waals surface area contributed by atoms with Gasteiger partial charge in [-0.2, -0.15) is 0 Å². The Labute approximate surface area is 144 Å². The lowest BCUT2D eigenvalue weighted by atomic mass is 10.0. The summed E-state index contributed by atoms with van der Waals surface area (Å²) in [6, 6.07) is 0.613. The van der Waals surface area contributed by atoms with Crippen LogP contribution in [0.1, 0.15) is 22.3 Å². The van der Waals surface area contributed by atoms with E-state index in [1.165, 1.54) is 6.92 Å². The van der Waals surface area contributed by atoms with Crippen LogP contribution in [0.2, 0.25) is 0 Å². The molecule has 2 rings (SSSR count). The highest BCUT2D eigenvalue weighted by atomic mass is 32.1. The summed E-state index contributed by atoms with van der Waals surface area (Å²) in [5, 5.41) is 11.0. The van der Waals surface area contributed by atoms with Crippen molar-refractivity contribution in [3.63, 3.8) is 0 Å². The van der Waals surface area contributed by atoms with E-state index in [4.69, 9.17) is 4.74 Å². The number of rotatable bonds is 6. The van der Waals surface area contributed by atoms with Gasteiger partial charge in [0.25, 0.3) is 0 Å². The smallest absolute Gasteiger partial charge is 0.343 e. The summed E-state index contributed by atoms with van der Waals surface area (Å²) in [7, 11) is 0. The van der Waals surface area contributed by atoms with E-state index in [9.17, 15) is 22.8 Å². The fraction of sp³-hybridized carbons (Fsp3) is 0.200. The average Bonchev–Trinajstić information content (AvgIpc) is 2.96. The second kappa shape index (κ2) is 7.88. The van der Waals surface area contributed by atoms with E-state index in [1.807, 2.05) is 0 Å². The molecule has 0 bridgehead atoms. The van der Waals surface area contributed by atoms with Crippen LogP contribution in [-0.4, -0.2) is 28.6 Å². The zero-order chi connectivity index (χ0) is 18.6. The Morgan fingerprint density at radius 2 is 1.88 bits per heavy atom. The predicted octanol–water partition coefficient (Wildman–Crippen LogP) is 3.01. The maximum Gasteiger partial charge on any atom is 0.343 e. The summed E-state index contributed by atoms with van der Waals surface area (Å²) in [5.74, 6) is -6.38. The van der Waals surface area contributed by atoms with Gasteiger partial charge >= 0.3 is 5.97 Å². The van der Waals surface area contributed by atoms with Crippen molar-refractivity contribution >= 4 is 28.2 Å². The molecule has 1 N–H and O–H groups in total. The molecule has 0 saturated heterocycles. The second-order valence-corrected chi connectivity index (χ2v) is 5.81. The molecule has 0 aliphatic rings. The second-order valence-electron chi connectivity index (χ2n) is 4.62. The number of anilines is 1. The van der Waals surface area contributed by atoms with E-state index in [0.717, 1.165) is 17.5 Å². The van der Waals surface area contributed by atoms with E-state index in [0.29, 0.717) is 11.1 Å². The fourth-order valence-corrected chi connectivity index (χ4v) is 2.32. The third kappa shape index (κ3) is 4.41. The van der Waals surface area contributed by atoms with Gasteiger partial charge in [-0.05, 0) is 19.9 Å². The topological polar surface area (TPSA) is 81.2 Å². The van der Waals surface area contributed by atoms with E-state index in [2.05, 4.69) is 15.5 Å². The van der Waals surface area contributed by atoms with E-state index in [-0.39, 0.29) is 17.8 Å². The van der Waals surface area contributed by atoms with Crippen LogP contribution < -0.4 is 5.32 Å². The van der Waals surface area contributed by atoms with Crippen LogP contribution in [0, 0.1) is 24.4 Å². The number of hydrogen-bond acceptors (Lipinski definition) is 7. The van der Waals surface area contributed by atoms with Crippen LogP contribution in [0.5, 0.6) is 0 Å². The van der Waals surface area contributed by atoms with Gasteiger partial charge in [-0.3, -0.25) is 4.79 Å². The summed E-state index contributed by atoms with van der Waals surface area (Å²) in [6.07, 6.45) is 0.959. The first-order chi connectivity index (χ1) is 11.8. The Kier molecular flexibility index (Phi) is 5.86. The predicted molar refractivity (Wildman–Crippen MR) is 83.6 cm³/mol. The first-order valence-electron chi connectivity index (χ1n) is 6.96. The minimum Gasteiger partial charge on any atom is -0.462 e. The summed E-state index contributed by atoms with van der Waals surface area (Å²) in [6.45, 7) is 3.17. The lowest BCUT2D eigenvalue weighted by Crippen LogP contribution is -2.19. The van der Waals surface area contributed by atoms with Crippen LogP contribution in [0.4, 0.5) is 18.3 Å². The number of benzene rings is 1. The number of nitrogens with zero attached hydrogens (tertiary/aromatic N) is 2. The molecule has 0 saturated carbocycles. The molecule has 0 spiro atoms. The van der Waals surface area contributed by atoms with Gasteiger partial charge in [-0.25, -0.2) is 18.0 Å². The van der Waals surface area contributed by atoms with Crippen molar-refractivity contribution in [3.8, 4) is 0 Å². The molecule has 1 aromatic heterocycles. The summed E-state index contributed by atoms with van der Waals surface area (Å²) >= 11 is 1.14. The quantitative estimate of drug-likeness (QED) is 0.210. The number of nitrogens with one attached hydrogen (secondary N) is 1. The van der Waals surface area contributed by atoms with Gasteiger partial charge in [0.1, 0.15) is 16.4 Å². The molecule has 1 aromatic carbocycles. The number of esters is 1. The van der Waals surface area contributed by atoms with E-state index >= 15 is 0 Å². The van der Waals surface area contributed by atoms with Gasteiger partial charge in [0.05, 0.1) is 12.2 Å². The maximum absolute atomic E-state index is 13.8. The largest absolute Gasteiger partial charge is 0.462 e. The maximum atomic E-state index is 13.8. The number of halogens is 3. The molecule has 0 fully saturated rings. The van der Waals surface area contributed by atoms with Crippen molar-refractivity contribution in [3.05, 3.63) is 51.9 Å². The molecule has 2 aromatic rings. The Balaban J connectivity index is 2.39. The lowest BCUT2D eigenvalue weighted by molar-refractivity contribution is -0.138. The Bertz CT molecular complexity index is 852. The molecule has 132 valence electrons. The van der Waals surface area contributed by atoms with Gasteiger partial charge in [0.2, 0.25) is 10.9 Å². The molecular weight excluding hydrogens is 359 g/mol. The number of aromatic nitrogens is 2. The van der Waals surface area contributed by atoms with Crippen LogP contribution >= 0.6 is 11.3 Å². The molecule has 0 radical (unpaired) electrons. The third-order valence-corrected chi connectivity index (χ3v) is 3.63. The molecule has 0 atom stereocenters. The standard InChI is InChI=1S/C15H12F3N3O3S/c1-3-24-14(23)9(6-19-15-21-20-7(2)25-15)13(22)8-4-11(17)12(18)5-10(8)16/h4-6H,3H2,1-2H3,(H,19,21). The zero-order valence-corrected chi connectivity index (χ0v) is 13.9. The molecule has 1 heterocycles. The van der Waals surface area contributed by atoms with Crippen LogP contribution in [0.25, 0.3) is 0 Å². The lowest BCUT2D eigenvalue weighted by Gasteiger charge is -2.08. The SMILES string of the molecule is CCOC(=O)C(=CNc1nnc(C)s1)C(=O)c1cc(F)c(F)cc1F. The van der Waals surface area contributed by atoms with Crippen molar-refractivity contribution < 1.29 is 27.5 Å². The van der Waals surface area contributed by atoms with Crippen LogP contribution in [-0.2, 0) is 9.53 Å². The van der Waals surface area contributed by atoms with Crippen molar-refractivity contribution in [2.45, 2.75) is 13.8 Å². The highest BCUT2D eigenvalue weighted by molar-refractivity contribution is 7.15. The summed E-state index contributed by atoms with van der Waals surface area (Å²) < 4.78 is 44.9. The van der Waals surface area contributed by atoms with Crippen molar-refractivity contribution in [2.24, 2.45) is 0 Å². The molecule has 0 unspecified atom stereocenters. The Hall–Kier alpha value is -2.75. The first-order valence-corrected chi connectivity index (χ1v) is 7.78. The molecule has 6 nitrogen and oxygen atoms in total. The van der Waals surface area contributed by atoms with Gasteiger partial charge in [0, 0.05) is 12.3 Å². The normalized spacial score (nSPS) is 11.3. The third-order valence-electron chi connectivity index (χ3n) is 2.86.